The van der Waals surface area contributed by atoms with Crippen LogP contribution in [0.4, 0.5) is 0 Å². The number of primary amides is 1. The summed E-state index contributed by atoms with van der Waals surface area (Å²) in [4.78, 5) is 30.2. The third-order valence-corrected chi connectivity index (χ3v) is 4.34. The van der Waals surface area contributed by atoms with Crippen molar-refractivity contribution in [3.05, 3.63) is 46.3 Å². The third-order valence-electron chi connectivity index (χ3n) is 3.48. The summed E-state index contributed by atoms with van der Waals surface area (Å²) in [5, 5.41) is 1.88. The molecular weight excluding hydrogens is 302 g/mol. The molecule has 7 heteroatoms. The van der Waals surface area contributed by atoms with E-state index in [0.717, 1.165) is 4.88 Å². The average Bonchev–Trinajstić information content (AvgIpc) is 3.18. The van der Waals surface area contributed by atoms with Crippen molar-refractivity contribution < 1.29 is 14.3 Å². The number of rotatable bonds is 4. The van der Waals surface area contributed by atoms with Gasteiger partial charge in [0.15, 0.2) is 0 Å². The number of carbonyl (C=O) groups is 2. The molecule has 2 aromatic heterocycles. The van der Waals surface area contributed by atoms with E-state index in [0.29, 0.717) is 19.5 Å². The van der Waals surface area contributed by atoms with Gasteiger partial charge in [0.1, 0.15) is 11.7 Å². The van der Waals surface area contributed by atoms with Crippen LogP contribution in [0.3, 0.4) is 0 Å². The fourth-order valence-electron chi connectivity index (χ4n) is 2.40. The van der Waals surface area contributed by atoms with Crippen molar-refractivity contribution in [2.75, 3.05) is 13.1 Å². The first-order chi connectivity index (χ1) is 10.6. The molecule has 1 unspecified atom stereocenters. The second-order valence-electron chi connectivity index (χ2n) is 4.98. The standard InChI is InChI=1S/C15H15N3O3S/c16-13(19)11-3-1-6-17-14(11)21-10-5-7-18(9-10)15(20)12-4-2-8-22-12/h1-4,6,8,10H,5,7,9H2,(H2,16,19). The Morgan fingerprint density at radius 1 is 1.36 bits per heavy atom. The van der Waals surface area contributed by atoms with Crippen LogP contribution in [-0.4, -0.2) is 40.9 Å². The van der Waals surface area contributed by atoms with Crippen LogP contribution in [-0.2, 0) is 0 Å². The predicted molar refractivity (Wildman–Crippen MR) is 82.0 cm³/mol. The zero-order valence-corrected chi connectivity index (χ0v) is 12.6. The van der Waals surface area contributed by atoms with Crippen LogP contribution in [0.1, 0.15) is 26.5 Å². The van der Waals surface area contributed by atoms with Gasteiger partial charge in [0, 0.05) is 19.2 Å². The van der Waals surface area contributed by atoms with Gasteiger partial charge < -0.3 is 15.4 Å². The van der Waals surface area contributed by atoms with Crippen LogP contribution < -0.4 is 10.5 Å². The summed E-state index contributed by atoms with van der Waals surface area (Å²) in [5.74, 6) is -0.338. The van der Waals surface area contributed by atoms with Crippen LogP contribution in [0, 0.1) is 0 Å². The van der Waals surface area contributed by atoms with Gasteiger partial charge in [0.05, 0.1) is 11.4 Å². The fourth-order valence-corrected chi connectivity index (χ4v) is 3.09. The number of ether oxygens (including phenoxy) is 1. The summed E-state index contributed by atoms with van der Waals surface area (Å²) in [7, 11) is 0. The first-order valence-corrected chi connectivity index (χ1v) is 7.77. The summed E-state index contributed by atoms with van der Waals surface area (Å²) in [6, 6.07) is 6.88. The number of pyridine rings is 1. The maximum atomic E-state index is 12.3. The van der Waals surface area contributed by atoms with E-state index < -0.39 is 5.91 Å². The minimum absolute atomic E-state index is 0.0113. The van der Waals surface area contributed by atoms with Gasteiger partial charge in [-0.15, -0.1) is 11.3 Å². The minimum Gasteiger partial charge on any atom is -0.472 e. The van der Waals surface area contributed by atoms with Gasteiger partial charge in [-0.05, 0) is 23.6 Å². The number of amides is 2. The second kappa shape index (κ2) is 6.15. The van der Waals surface area contributed by atoms with Gasteiger partial charge in [0.2, 0.25) is 5.88 Å². The lowest BCUT2D eigenvalue weighted by Crippen LogP contribution is -2.30. The van der Waals surface area contributed by atoms with Crippen LogP contribution in [0.15, 0.2) is 35.8 Å². The van der Waals surface area contributed by atoms with Crippen molar-refractivity contribution in [1.29, 1.82) is 0 Å². The highest BCUT2D eigenvalue weighted by Crippen LogP contribution is 2.22. The highest BCUT2D eigenvalue weighted by Gasteiger charge is 2.29. The highest BCUT2D eigenvalue weighted by molar-refractivity contribution is 7.12. The van der Waals surface area contributed by atoms with Crippen LogP contribution >= 0.6 is 11.3 Å². The topological polar surface area (TPSA) is 85.5 Å². The van der Waals surface area contributed by atoms with Gasteiger partial charge in [-0.3, -0.25) is 9.59 Å². The second-order valence-corrected chi connectivity index (χ2v) is 5.93. The Morgan fingerprint density at radius 3 is 2.95 bits per heavy atom. The van der Waals surface area contributed by atoms with E-state index in [2.05, 4.69) is 4.98 Å². The van der Waals surface area contributed by atoms with Crippen molar-refractivity contribution in [2.45, 2.75) is 12.5 Å². The molecule has 2 amide bonds. The number of thiophene rings is 1. The van der Waals surface area contributed by atoms with Gasteiger partial charge in [-0.1, -0.05) is 6.07 Å². The van der Waals surface area contributed by atoms with E-state index >= 15 is 0 Å². The molecule has 0 aliphatic carbocycles. The molecule has 1 atom stereocenters. The van der Waals surface area contributed by atoms with Crippen molar-refractivity contribution >= 4 is 23.2 Å². The molecule has 6 nitrogen and oxygen atoms in total. The first-order valence-electron chi connectivity index (χ1n) is 6.89. The molecule has 0 saturated carbocycles. The third kappa shape index (κ3) is 2.94. The molecular formula is C15H15N3O3S. The Bertz CT molecular complexity index is 687. The SMILES string of the molecule is NC(=O)c1cccnc1OC1CCN(C(=O)c2cccs2)C1. The zero-order valence-electron chi connectivity index (χ0n) is 11.8. The molecule has 0 spiro atoms. The summed E-state index contributed by atoms with van der Waals surface area (Å²) >= 11 is 1.42. The molecule has 0 bridgehead atoms. The molecule has 3 heterocycles. The summed E-state index contributed by atoms with van der Waals surface area (Å²) in [5.41, 5.74) is 5.56. The summed E-state index contributed by atoms with van der Waals surface area (Å²) in [6.45, 7) is 1.10. The Morgan fingerprint density at radius 2 is 2.23 bits per heavy atom. The smallest absolute Gasteiger partial charge is 0.264 e. The Labute approximate surface area is 131 Å². The first kappa shape index (κ1) is 14.5. The minimum atomic E-state index is -0.576. The number of aromatic nitrogens is 1. The van der Waals surface area contributed by atoms with Crippen molar-refractivity contribution in [3.8, 4) is 5.88 Å². The predicted octanol–water partition coefficient (Wildman–Crippen LogP) is 1.54. The number of carbonyl (C=O) groups excluding carboxylic acids is 2. The van der Waals surface area contributed by atoms with Gasteiger partial charge >= 0.3 is 0 Å². The molecule has 0 aromatic carbocycles. The Balaban J connectivity index is 1.67. The van der Waals surface area contributed by atoms with E-state index in [1.807, 2.05) is 17.5 Å². The largest absolute Gasteiger partial charge is 0.472 e. The van der Waals surface area contributed by atoms with Gasteiger partial charge in [-0.25, -0.2) is 4.98 Å². The van der Waals surface area contributed by atoms with E-state index in [1.54, 1.807) is 23.2 Å². The monoisotopic (exact) mass is 317 g/mol. The molecule has 2 aromatic rings. The van der Waals surface area contributed by atoms with Crippen LogP contribution in [0.25, 0.3) is 0 Å². The normalized spacial score (nSPS) is 17.5. The molecule has 2 N–H and O–H groups in total. The van der Waals surface area contributed by atoms with E-state index in [-0.39, 0.29) is 23.5 Å². The lowest BCUT2D eigenvalue weighted by molar-refractivity contribution is 0.0774. The molecule has 1 aliphatic rings. The highest BCUT2D eigenvalue weighted by atomic mass is 32.1. The molecule has 0 radical (unpaired) electrons. The van der Waals surface area contributed by atoms with Crippen LogP contribution in [0.5, 0.6) is 5.88 Å². The maximum Gasteiger partial charge on any atom is 0.264 e. The number of nitrogens with two attached hydrogens (primary N) is 1. The van der Waals surface area contributed by atoms with E-state index in [9.17, 15) is 9.59 Å². The molecule has 1 saturated heterocycles. The molecule has 22 heavy (non-hydrogen) atoms. The molecule has 1 fully saturated rings. The summed E-state index contributed by atoms with van der Waals surface area (Å²) in [6.07, 6.45) is 2.06. The zero-order chi connectivity index (χ0) is 15.5. The van der Waals surface area contributed by atoms with Gasteiger partial charge in [0.25, 0.3) is 11.8 Å². The van der Waals surface area contributed by atoms with Crippen molar-refractivity contribution in [2.24, 2.45) is 5.73 Å². The Kier molecular flexibility index (Phi) is 4.06. The number of hydrogen-bond acceptors (Lipinski definition) is 5. The van der Waals surface area contributed by atoms with Crippen molar-refractivity contribution in [1.82, 2.24) is 9.88 Å². The van der Waals surface area contributed by atoms with E-state index in [1.165, 1.54) is 11.3 Å². The number of hydrogen-bond donors (Lipinski definition) is 1. The van der Waals surface area contributed by atoms with Gasteiger partial charge in [-0.2, -0.15) is 0 Å². The number of likely N-dealkylation sites (tertiary alicyclic amines) is 1. The van der Waals surface area contributed by atoms with E-state index in [4.69, 9.17) is 10.5 Å². The summed E-state index contributed by atoms with van der Waals surface area (Å²) < 4.78 is 5.76. The van der Waals surface area contributed by atoms with Crippen LogP contribution in [0.2, 0.25) is 0 Å². The maximum absolute atomic E-state index is 12.3. The molecule has 3 rings (SSSR count). The average molecular weight is 317 g/mol. The number of nitrogens with zero attached hydrogens (tertiary/aromatic N) is 2. The Hall–Kier alpha value is -2.41. The lowest BCUT2D eigenvalue weighted by atomic mass is 10.2. The fraction of sp³-hybridized carbons (Fsp3) is 0.267. The quantitative estimate of drug-likeness (QED) is 0.927. The molecule has 1 aliphatic heterocycles. The van der Waals surface area contributed by atoms with Crippen molar-refractivity contribution in [3.63, 3.8) is 0 Å². The lowest BCUT2D eigenvalue weighted by Gasteiger charge is -2.16. The molecule has 114 valence electrons.